The van der Waals surface area contributed by atoms with Crippen molar-refractivity contribution < 1.29 is 0 Å². The van der Waals surface area contributed by atoms with Gasteiger partial charge in [-0.3, -0.25) is 10.1 Å². The van der Waals surface area contributed by atoms with Crippen LogP contribution in [0, 0.1) is 0 Å². The van der Waals surface area contributed by atoms with Crippen LogP contribution in [0.5, 0.6) is 0 Å². The van der Waals surface area contributed by atoms with Crippen molar-refractivity contribution in [3.63, 3.8) is 0 Å². The zero-order chi connectivity index (χ0) is 9.80. The van der Waals surface area contributed by atoms with Gasteiger partial charge in [0.25, 0.3) is 0 Å². The maximum absolute atomic E-state index is 5.44. The maximum Gasteiger partial charge on any atom is 0.150 e. The Balaban J connectivity index is 2.17. The smallest absolute Gasteiger partial charge is 0.150 e. The number of rotatable bonds is 3. The van der Waals surface area contributed by atoms with Crippen LogP contribution in [0.4, 0.5) is 11.6 Å². The van der Waals surface area contributed by atoms with Crippen molar-refractivity contribution in [3.05, 3.63) is 30.4 Å². The SMILES string of the molecule is NCc1cncc(Nc2ccn[nH]2)n1. The Kier molecular flexibility index (Phi) is 2.37. The Morgan fingerprint density at radius 1 is 1.43 bits per heavy atom. The second-order valence-corrected chi connectivity index (χ2v) is 2.70. The van der Waals surface area contributed by atoms with E-state index in [1.807, 2.05) is 0 Å². The molecule has 0 atom stereocenters. The highest BCUT2D eigenvalue weighted by atomic mass is 15.2. The van der Waals surface area contributed by atoms with Crippen molar-refractivity contribution in [2.24, 2.45) is 5.73 Å². The van der Waals surface area contributed by atoms with Crippen LogP contribution >= 0.6 is 0 Å². The van der Waals surface area contributed by atoms with Crippen LogP contribution in [0.1, 0.15) is 5.69 Å². The summed E-state index contributed by atoms with van der Waals surface area (Å²) in [5.41, 5.74) is 6.19. The zero-order valence-corrected chi connectivity index (χ0v) is 7.44. The van der Waals surface area contributed by atoms with Crippen molar-refractivity contribution in [3.8, 4) is 0 Å². The molecule has 0 aliphatic carbocycles. The molecule has 0 aliphatic rings. The average Bonchev–Trinajstić information content (AvgIpc) is 2.71. The molecule has 0 spiro atoms. The van der Waals surface area contributed by atoms with Gasteiger partial charge < -0.3 is 11.1 Å². The van der Waals surface area contributed by atoms with Crippen LogP contribution in [-0.2, 0) is 6.54 Å². The van der Waals surface area contributed by atoms with E-state index in [9.17, 15) is 0 Å². The molecule has 0 aromatic carbocycles. The zero-order valence-electron chi connectivity index (χ0n) is 7.44. The highest BCUT2D eigenvalue weighted by molar-refractivity contribution is 5.49. The van der Waals surface area contributed by atoms with E-state index in [2.05, 4.69) is 25.5 Å². The van der Waals surface area contributed by atoms with Gasteiger partial charge in [-0.25, -0.2) is 4.98 Å². The van der Waals surface area contributed by atoms with Crippen molar-refractivity contribution >= 4 is 11.6 Å². The molecule has 0 amide bonds. The predicted octanol–water partition coefficient (Wildman–Crippen LogP) is 0.402. The normalized spacial score (nSPS) is 10.1. The van der Waals surface area contributed by atoms with Gasteiger partial charge in [-0.2, -0.15) is 5.10 Å². The number of aromatic nitrogens is 4. The first-order valence-corrected chi connectivity index (χ1v) is 4.16. The second kappa shape index (κ2) is 3.84. The number of hydrogen-bond donors (Lipinski definition) is 3. The number of nitrogens with one attached hydrogen (secondary N) is 2. The van der Waals surface area contributed by atoms with Gasteiger partial charge in [0, 0.05) is 18.8 Å². The molecule has 6 heteroatoms. The van der Waals surface area contributed by atoms with Gasteiger partial charge >= 0.3 is 0 Å². The van der Waals surface area contributed by atoms with Crippen molar-refractivity contribution in [2.45, 2.75) is 6.54 Å². The fraction of sp³-hybridized carbons (Fsp3) is 0.125. The summed E-state index contributed by atoms with van der Waals surface area (Å²) in [5, 5.41) is 9.57. The number of anilines is 2. The number of hydrogen-bond acceptors (Lipinski definition) is 5. The van der Waals surface area contributed by atoms with Gasteiger partial charge in [-0.15, -0.1) is 0 Å². The molecule has 0 radical (unpaired) electrons. The third-order valence-corrected chi connectivity index (χ3v) is 1.66. The van der Waals surface area contributed by atoms with Gasteiger partial charge in [0.2, 0.25) is 0 Å². The van der Waals surface area contributed by atoms with E-state index in [0.717, 1.165) is 11.5 Å². The minimum atomic E-state index is 0.380. The summed E-state index contributed by atoms with van der Waals surface area (Å²) in [6, 6.07) is 1.80. The van der Waals surface area contributed by atoms with E-state index >= 15 is 0 Å². The molecule has 72 valence electrons. The highest BCUT2D eigenvalue weighted by Crippen LogP contribution is 2.09. The summed E-state index contributed by atoms with van der Waals surface area (Å²) in [7, 11) is 0. The minimum absolute atomic E-state index is 0.380. The third kappa shape index (κ3) is 1.86. The standard InChI is InChI=1S/C8H10N6/c9-3-6-4-10-5-8(12-6)13-7-1-2-11-14-7/h1-2,4-5H,3,9H2,(H2,11,12,13,14). The van der Waals surface area contributed by atoms with Gasteiger partial charge in [0.1, 0.15) is 11.6 Å². The van der Waals surface area contributed by atoms with Crippen molar-refractivity contribution in [2.75, 3.05) is 5.32 Å². The molecule has 2 aromatic heterocycles. The van der Waals surface area contributed by atoms with Gasteiger partial charge in [0.15, 0.2) is 0 Å². The first-order chi connectivity index (χ1) is 6.88. The lowest BCUT2D eigenvalue weighted by Gasteiger charge is -2.02. The van der Waals surface area contributed by atoms with Crippen LogP contribution in [0.2, 0.25) is 0 Å². The Morgan fingerprint density at radius 3 is 3.07 bits per heavy atom. The molecular formula is C8H10N6. The second-order valence-electron chi connectivity index (χ2n) is 2.70. The summed E-state index contributed by atoms with van der Waals surface area (Å²) < 4.78 is 0. The number of H-pyrrole nitrogens is 1. The summed E-state index contributed by atoms with van der Waals surface area (Å²) in [6.07, 6.45) is 4.92. The van der Waals surface area contributed by atoms with E-state index in [1.165, 1.54) is 0 Å². The lowest BCUT2D eigenvalue weighted by Crippen LogP contribution is -2.03. The van der Waals surface area contributed by atoms with E-state index in [4.69, 9.17) is 5.73 Å². The molecule has 2 aromatic rings. The molecule has 2 heterocycles. The predicted molar refractivity (Wildman–Crippen MR) is 51.8 cm³/mol. The Hall–Kier alpha value is -1.95. The van der Waals surface area contributed by atoms with E-state index in [-0.39, 0.29) is 0 Å². The number of nitrogens with two attached hydrogens (primary N) is 1. The van der Waals surface area contributed by atoms with Crippen LogP contribution in [0.3, 0.4) is 0 Å². The molecular weight excluding hydrogens is 180 g/mol. The average molecular weight is 190 g/mol. The van der Waals surface area contributed by atoms with Gasteiger partial charge in [-0.1, -0.05) is 0 Å². The monoisotopic (exact) mass is 190 g/mol. The molecule has 0 aliphatic heterocycles. The summed E-state index contributed by atoms with van der Waals surface area (Å²) in [4.78, 5) is 8.22. The van der Waals surface area contributed by atoms with Crippen molar-refractivity contribution in [1.29, 1.82) is 0 Å². The summed E-state index contributed by atoms with van der Waals surface area (Å²) >= 11 is 0. The van der Waals surface area contributed by atoms with Crippen LogP contribution in [0.15, 0.2) is 24.7 Å². The highest BCUT2D eigenvalue weighted by Gasteiger charge is 1.98. The van der Waals surface area contributed by atoms with Crippen LogP contribution in [0.25, 0.3) is 0 Å². The van der Waals surface area contributed by atoms with Crippen LogP contribution in [-0.4, -0.2) is 20.2 Å². The third-order valence-electron chi connectivity index (χ3n) is 1.66. The molecule has 0 unspecified atom stereocenters. The van der Waals surface area contributed by atoms with E-state index < -0.39 is 0 Å². The fourth-order valence-electron chi connectivity index (χ4n) is 1.03. The maximum atomic E-state index is 5.44. The molecule has 0 saturated heterocycles. The summed E-state index contributed by atoms with van der Waals surface area (Å²) in [5.74, 6) is 1.42. The molecule has 14 heavy (non-hydrogen) atoms. The topological polar surface area (TPSA) is 92.5 Å². The molecule has 0 saturated carbocycles. The first kappa shape index (κ1) is 8.64. The van der Waals surface area contributed by atoms with Crippen molar-refractivity contribution in [1.82, 2.24) is 20.2 Å². The summed E-state index contributed by atoms with van der Waals surface area (Å²) in [6.45, 7) is 0.380. The lowest BCUT2D eigenvalue weighted by atomic mass is 10.4. The van der Waals surface area contributed by atoms with Crippen LogP contribution < -0.4 is 11.1 Å². The molecule has 6 nitrogen and oxygen atoms in total. The quantitative estimate of drug-likeness (QED) is 0.651. The minimum Gasteiger partial charge on any atom is -0.325 e. The number of nitrogens with zero attached hydrogens (tertiary/aromatic N) is 3. The largest absolute Gasteiger partial charge is 0.325 e. The fourth-order valence-corrected chi connectivity index (χ4v) is 1.03. The molecule has 2 rings (SSSR count). The lowest BCUT2D eigenvalue weighted by molar-refractivity contribution is 0.965. The van der Waals surface area contributed by atoms with E-state index in [0.29, 0.717) is 12.4 Å². The molecule has 0 fully saturated rings. The number of aromatic amines is 1. The Labute approximate surface area is 80.6 Å². The molecule has 4 N–H and O–H groups in total. The Morgan fingerprint density at radius 2 is 2.36 bits per heavy atom. The Bertz CT molecular complexity index is 396. The first-order valence-electron chi connectivity index (χ1n) is 4.16. The van der Waals surface area contributed by atoms with Gasteiger partial charge in [-0.05, 0) is 0 Å². The van der Waals surface area contributed by atoms with E-state index in [1.54, 1.807) is 24.7 Å². The molecule has 0 bridgehead atoms. The van der Waals surface area contributed by atoms with Gasteiger partial charge in [0.05, 0.1) is 18.1 Å².